The Morgan fingerprint density at radius 2 is 2.42 bits per heavy atom. The fraction of sp³-hybridized carbons (Fsp3) is 0.429. The molecule has 1 rings (SSSR count). The Morgan fingerprint density at radius 1 is 1.75 bits per heavy atom. The fourth-order valence-electron chi connectivity index (χ4n) is 0.949. The number of hydrogen-bond acceptors (Lipinski definition) is 4. The Kier molecular flexibility index (Phi) is 2.75. The van der Waals surface area contributed by atoms with E-state index in [0.29, 0.717) is 11.7 Å². The van der Waals surface area contributed by atoms with Crippen LogP contribution in [-0.2, 0) is 6.54 Å². The minimum absolute atomic E-state index is 0.0886. The highest BCUT2D eigenvalue weighted by molar-refractivity contribution is 7.98. The molecule has 0 fully saturated rings. The van der Waals surface area contributed by atoms with Gasteiger partial charge in [0.1, 0.15) is 5.82 Å². The van der Waals surface area contributed by atoms with Crippen LogP contribution in [0.3, 0.4) is 0 Å². The Bertz CT molecular complexity index is 334. The Labute approximate surface area is 74.8 Å². The van der Waals surface area contributed by atoms with Crippen molar-refractivity contribution in [2.75, 3.05) is 12.0 Å². The van der Waals surface area contributed by atoms with Crippen molar-refractivity contribution in [2.24, 2.45) is 0 Å². The SMILES string of the molecule is CCn1c(SC)nc(N)cc1=O. The molecule has 0 atom stereocenters. The van der Waals surface area contributed by atoms with Gasteiger partial charge in [0.15, 0.2) is 5.16 Å². The predicted octanol–water partition coefficient (Wildman–Crippen LogP) is 0.567. The van der Waals surface area contributed by atoms with Gasteiger partial charge in [0.05, 0.1) is 0 Å². The van der Waals surface area contributed by atoms with Crippen LogP contribution in [0.25, 0.3) is 0 Å². The first-order chi connectivity index (χ1) is 5.69. The number of thioether (sulfide) groups is 1. The highest BCUT2D eigenvalue weighted by Gasteiger charge is 2.03. The summed E-state index contributed by atoms with van der Waals surface area (Å²) in [5.41, 5.74) is 5.33. The quantitative estimate of drug-likeness (QED) is 0.540. The summed E-state index contributed by atoms with van der Waals surface area (Å²) in [6, 6.07) is 1.34. The zero-order valence-electron chi connectivity index (χ0n) is 7.07. The van der Waals surface area contributed by atoms with E-state index < -0.39 is 0 Å². The second-order valence-corrected chi connectivity index (χ2v) is 3.02. The van der Waals surface area contributed by atoms with E-state index in [1.54, 1.807) is 4.57 Å². The van der Waals surface area contributed by atoms with E-state index in [-0.39, 0.29) is 11.4 Å². The van der Waals surface area contributed by atoms with E-state index in [4.69, 9.17) is 5.73 Å². The second kappa shape index (κ2) is 3.62. The largest absolute Gasteiger partial charge is 0.383 e. The highest BCUT2D eigenvalue weighted by atomic mass is 32.2. The van der Waals surface area contributed by atoms with Crippen LogP contribution in [0.4, 0.5) is 5.82 Å². The van der Waals surface area contributed by atoms with Crippen molar-refractivity contribution in [3.05, 3.63) is 16.4 Å². The van der Waals surface area contributed by atoms with Crippen LogP contribution in [0.15, 0.2) is 16.0 Å². The van der Waals surface area contributed by atoms with Crippen LogP contribution >= 0.6 is 11.8 Å². The first kappa shape index (κ1) is 9.12. The van der Waals surface area contributed by atoms with Gasteiger partial charge < -0.3 is 5.73 Å². The van der Waals surface area contributed by atoms with Gasteiger partial charge in [-0.05, 0) is 13.2 Å². The molecule has 1 heterocycles. The minimum atomic E-state index is -0.0886. The molecule has 1 aromatic rings. The van der Waals surface area contributed by atoms with E-state index in [1.807, 2.05) is 13.2 Å². The van der Waals surface area contributed by atoms with E-state index in [9.17, 15) is 4.79 Å². The predicted molar refractivity (Wildman–Crippen MR) is 50.4 cm³/mol. The number of hydrogen-bond donors (Lipinski definition) is 1. The zero-order valence-corrected chi connectivity index (χ0v) is 7.89. The van der Waals surface area contributed by atoms with Crippen molar-refractivity contribution in [1.29, 1.82) is 0 Å². The molecule has 0 amide bonds. The maximum atomic E-state index is 11.3. The van der Waals surface area contributed by atoms with Gasteiger partial charge in [-0.2, -0.15) is 0 Å². The average molecular weight is 185 g/mol. The number of aromatic nitrogens is 2. The molecular weight excluding hydrogens is 174 g/mol. The van der Waals surface area contributed by atoms with Gasteiger partial charge in [-0.3, -0.25) is 9.36 Å². The summed E-state index contributed by atoms with van der Waals surface area (Å²) in [5.74, 6) is 0.286. The molecule has 12 heavy (non-hydrogen) atoms. The van der Waals surface area contributed by atoms with Gasteiger partial charge in [0.2, 0.25) is 0 Å². The van der Waals surface area contributed by atoms with Crippen LogP contribution < -0.4 is 11.3 Å². The summed E-state index contributed by atoms with van der Waals surface area (Å²) in [6.45, 7) is 2.53. The lowest BCUT2D eigenvalue weighted by Crippen LogP contribution is -2.22. The van der Waals surface area contributed by atoms with E-state index >= 15 is 0 Å². The number of nitrogens with zero attached hydrogens (tertiary/aromatic N) is 2. The zero-order chi connectivity index (χ0) is 9.14. The molecular formula is C7H11N3OS. The molecule has 0 bridgehead atoms. The van der Waals surface area contributed by atoms with Crippen molar-refractivity contribution < 1.29 is 0 Å². The maximum Gasteiger partial charge on any atom is 0.256 e. The minimum Gasteiger partial charge on any atom is -0.383 e. The highest BCUT2D eigenvalue weighted by Crippen LogP contribution is 2.10. The number of rotatable bonds is 2. The standard InChI is InChI=1S/C7H11N3OS/c1-3-10-6(11)4-5(8)9-7(10)12-2/h4H,3,8H2,1-2H3. The van der Waals surface area contributed by atoms with Crippen LogP contribution in [0, 0.1) is 0 Å². The Morgan fingerprint density at radius 3 is 2.92 bits per heavy atom. The van der Waals surface area contributed by atoms with E-state index in [1.165, 1.54) is 17.8 Å². The number of nitrogen functional groups attached to an aromatic ring is 1. The summed E-state index contributed by atoms with van der Waals surface area (Å²) in [4.78, 5) is 15.3. The van der Waals surface area contributed by atoms with Gasteiger partial charge in [-0.15, -0.1) is 0 Å². The molecule has 4 nitrogen and oxygen atoms in total. The van der Waals surface area contributed by atoms with Crippen LogP contribution in [0.5, 0.6) is 0 Å². The van der Waals surface area contributed by atoms with E-state index in [2.05, 4.69) is 4.98 Å². The van der Waals surface area contributed by atoms with Gasteiger partial charge in [0.25, 0.3) is 5.56 Å². The molecule has 0 aliphatic heterocycles. The summed E-state index contributed by atoms with van der Waals surface area (Å²) in [6.07, 6.45) is 1.87. The third kappa shape index (κ3) is 1.61. The molecule has 0 aromatic carbocycles. The maximum absolute atomic E-state index is 11.3. The lowest BCUT2D eigenvalue weighted by molar-refractivity contribution is 0.626. The molecule has 0 spiro atoms. The normalized spacial score (nSPS) is 10.2. The van der Waals surface area contributed by atoms with Crippen molar-refractivity contribution in [1.82, 2.24) is 9.55 Å². The van der Waals surface area contributed by atoms with Crippen molar-refractivity contribution in [2.45, 2.75) is 18.6 Å². The molecule has 0 saturated carbocycles. The summed E-state index contributed by atoms with van der Waals surface area (Å²) in [5, 5.41) is 0.669. The first-order valence-corrected chi connectivity index (χ1v) is 4.83. The van der Waals surface area contributed by atoms with Crippen molar-refractivity contribution >= 4 is 17.6 Å². The lowest BCUT2D eigenvalue weighted by Gasteiger charge is -2.06. The third-order valence-corrected chi connectivity index (χ3v) is 2.17. The van der Waals surface area contributed by atoms with Crippen molar-refractivity contribution in [3.8, 4) is 0 Å². The molecule has 0 radical (unpaired) electrons. The van der Waals surface area contributed by atoms with Crippen LogP contribution in [0.2, 0.25) is 0 Å². The van der Waals surface area contributed by atoms with Gasteiger partial charge in [-0.1, -0.05) is 11.8 Å². The van der Waals surface area contributed by atoms with E-state index in [0.717, 1.165) is 0 Å². The Hall–Kier alpha value is -0.970. The molecule has 66 valence electrons. The number of nitrogens with two attached hydrogens (primary N) is 1. The molecule has 1 aromatic heterocycles. The molecule has 0 aliphatic carbocycles. The van der Waals surface area contributed by atoms with Gasteiger partial charge in [0, 0.05) is 12.6 Å². The average Bonchev–Trinajstić information content (AvgIpc) is 2.03. The summed E-state index contributed by atoms with van der Waals surface area (Å²) >= 11 is 1.42. The summed E-state index contributed by atoms with van der Waals surface area (Å²) < 4.78 is 1.58. The van der Waals surface area contributed by atoms with Crippen LogP contribution in [-0.4, -0.2) is 15.8 Å². The topological polar surface area (TPSA) is 60.9 Å². The van der Waals surface area contributed by atoms with Gasteiger partial charge in [-0.25, -0.2) is 4.98 Å². The third-order valence-electron chi connectivity index (χ3n) is 1.49. The first-order valence-electron chi connectivity index (χ1n) is 3.60. The number of anilines is 1. The molecule has 5 heteroatoms. The van der Waals surface area contributed by atoms with Gasteiger partial charge >= 0.3 is 0 Å². The second-order valence-electron chi connectivity index (χ2n) is 2.25. The van der Waals surface area contributed by atoms with Crippen LogP contribution in [0.1, 0.15) is 6.92 Å². The Balaban J connectivity index is 3.34. The fourth-order valence-corrected chi connectivity index (χ4v) is 1.58. The molecule has 0 aliphatic rings. The molecule has 0 unspecified atom stereocenters. The monoisotopic (exact) mass is 185 g/mol. The van der Waals surface area contributed by atoms with Crippen molar-refractivity contribution in [3.63, 3.8) is 0 Å². The smallest absolute Gasteiger partial charge is 0.256 e. The lowest BCUT2D eigenvalue weighted by atomic mass is 10.5. The summed E-state index contributed by atoms with van der Waals surface area (Å²) in [7, 11) is 0. The molecule has 0 saturated heterocycles. The molecule has 2 N–H and O–H groups in total.